The average Bonchev–Trinajstić information content (AvgIpc) is 2.78. The normalized spacial score (nSPS) is 10.9. The summed E-state index contributed by atoms with van der Waals surface area (Å²) in [5, 5.41) is 7.43. The number of carbonyl (C=O) groups is 2. The van der Waals surface area contributed by atoms with Gasteiger partial charge < -0.3 is 20.7 Å². The number of hydrogen-bond acceptors (Lipinski definition) is 4. The number of halogens is 3. The molecule has 7 nitrogen and oxygen atoms in total. The topological polar surface area (TPSA) is 92.4 Å². The predicted molar refractivity (Wildman–Crippen MR) is 111 cm³/mol. The largest absolute Gasteiger partial charge is 0.457 e. The number of amides is 3. The van der Waals surface area contributed by atoms with E-state index in [9.17, 15) is 22.8 Å². The van der Waals surface area contributed by atoms with Gasteiger partial charge in [0.2, 0.25) is 0 Å². The minimum absolute atomic E-state index is 0.0366. The summed E-state index contributed by atoms with van der Waals surface area (Å²) in [7, 11) is 1.50. The second-order valence-corrected chi connectivity index (χ2v) is 6.59. The van der Waals surface area contributed by atoms with Gasteiger partial charge >= 0.3 is 12.2 Å². The molecule has 32 heavy (non-hydrogen) atoms. The fourth-order valence-electron chi connectivity index (χ4n) is 2.67. The van der Waals surface area contributed by atoms with Gasteiger partial charge in [-0.15, -0.1) is 0 Å². The monoisotopic (exact) mass is 444 g/mol. The Morgan fingerprint density at radius 3 is 2.44 bits per heavy atom. The van der Waals surface area contributed by atoms with Crippen molar-refractivity contribution in [1.29, 1.82) is 0 Å². The van der Waals surface area contributed by atoms with E-state index in [1.54, 1.807) is 30.3 Å². The fraction of sp³-hybridized carbons (Fsp3) is 0.136. The standard InChI is InChI=1S/C22H19F3N4O3/c1-26-20(30)19-12-18(9-10-27-19)32-17-7-5-14(6-8-17)13-28-21(31)29-16-4-2-3-15(11-16)22(23,24)25/h2-12H,13H2,1H3,(H,26,30)(H2,28,29,31). The molecule has 0 bridgehead atoms. The number of nitrogens with one attached hydrogen (secondary N) is 3. The number of carbonyl (C=O) groups excluding carboxylic acids is 2. The number of ether oxygens (including phenoxy) is 1. The number of alkyl halides is 3. The molecule has 2 aromatic carbocycles. The lowest BCUT2D eigenvalue weighted by Gasteiger charge is -2.11. The van der Waals surface area contributed by atoms with Crippen LogP contribution in [-0.4, -0.2) is 24.0 Å². The molecular weight excluding hydrogens is 425 g/mol. The van der Waals surface area contributed by atoms with Gasteiger partial charge in [0.25, 0.3) is 5.91 Å². The van der Waals surface area contributed by atoms with Crippen molar-refractivity contribution in [1.82, 2.24) is 15.6 Å². The highest BCUT2D eigenvalue weighted by molar-refractivity contribution is 5.92. The van der Waals surface area contributed by atoms with Gasteiger partial charge in [0.15, 0.2) is 0 Å². The molecule has 166 valence electrons. The third-order valence-corrected chi connectivity index (χ3v) is 4.25. The quantitative estimate of drug-likeness (QED) is 0.519. The summed E-state index contributed by atoms with van der Waals surface area (Å²) < 4.78 is 44.0. The Morgan fingerprint density at radius 1 is 1.00 bits per heavy atom. The summed E-state index contributed by atoms with van der Waals surface area (Å²) in [4.78, 5) is 27.6. The molecule has 0 aliphatic heterocycles. The molecule has 3 N–H and O–H groups in total. The van der Waals surface area contributed by atoms with Crippen molar-refractivity contribution < 1.29 is 27.5 Å². The van der Waals surface area contributed by atoms with E-state index in [0.29, 0.717) is 11.5 Å². The summed E-state index contributed by atoms with van der Waals surface area (Å²) in [5.41, 5.74) is 0.159. The zero-order valence-corrected chi connectivity index (χ0v) is 16.9. The van der Waals surface area contributed by atoms with Crippen LogP contribution in [0.15, 0.2) is 66.9 Å². The first-order valence-corrected chi connectivity index (χ1v) is 9.41. The molecule has 0 radical (unpaired) electrons. The lowest BCUT2D eigenvalue weighted by molar-refractivity contribution is -0.137. The van der Waals surface area contributed by atoms with Crippen LogP contribution in [0.4, 0.5) is 23.7 Å². The van der Waals surface area contributed by atoms with Crippen LogP contribution in [0.1, 0.15) is 21.6 Å². The van der Waals surface area contributed by atoms with E-state index >= 15 is 0 Å². The zero-order chi connectivity index (χ0) is 23.1. The number of aromatic nitrogens is 1. The molecule has 10 heteroatoms. The second kappa shape index (κ2) is 9.82. The van der Waals surface area contributed by atoms with Crippen LogP contribution in [0.2, 0.25) is 0 Å². The molecule has 3 rings (SSSR count). The van der Waals surface area contributed by atoms with E-state index < -0.39 is 17.8 Å². The molecule has 0 unspecified atom stereocenters. The molecule has 3 aromatic rings. The highest BCUT2D eigenvalue weighted by Gasteiger charge is 2.30. The maximum Gasteiger partial charge on any atom is 0.416 e. The van der Waals surface area contributed by atoms with Crippen LogP contribution < -0.4 is 20.7 Å². The van der Waals surface area contributed by atoms with Gasteiger partial charge in [-0.2, -0.15) is 13.2 Å². The molecule has 0 saturated heterocycles. The van der Waals surface area contributed by atoms with E-state index in [1.165, 1.54) is 31.4 Å². The Morgan fingerprint density at radius 2 is 1.75 bits per heavy atom. The Hall–Kier alpha value is -4.08. The average molecular weight is 444 g/mol. The third-order valence-electron chi connectivity index (χ3n) is 4.25. The first kappa shape index (κ1) is 22.6. The number of urea groups is 1. The number of hydrogen-bond donors (Lipinski definition) is 3. The van der Waals surface area contributed by atoms with E-state index in [4.69, 9.17) is 4.74 Å². The summed E-state index contributed by atoms with van der Waals surface area (Å²) in [6, 6.07) is 13.7. The van der Waals surface area contributed by atoms with Crippen molar-refractivity contribution >= 4 is 17.6 Å². The highest BCUT2D eigenvalue weighted by Crippen LogP contribution is 2.30. The van der Waals surface area contributed by atoms with Crippen molar-refractivity contribution in [2.75, 3.05) is 12.4 Å². The number of nitrogens with zero attached hydrogens (tertiary/aromatic N) is 1. The Balaban J connectivity index is 1.54. The Bertz CT molecular complexity index is 1100. The molecule has 1 aromatic heterocycles. The summed E-state index contributed by atoms with van der Waals surface area (Å²) in [6.45, 7) is 0.154. The third kappa shape index (κ3) is 6.21. The summed E-state index contributed by atoms with van der Waals surface area (Å²) in [5.74, 6) is 0.612. The van der Waals surface area contributed by atoms with Gasteiger partial charge in [-0.3, -0.25) is 9.78 Å². The van der Waals surface area contributed by atoms with Crippen LogP contribution in [0.5, 0.6) is 11.5 Å². The molecule has 0 saturated carbocycles. The number of pyridine rings is 1. The van der Waals surface area contributed by atoms with Crippen molar-refractivity contribution in [3.8, 4) is 11.5 Å². The fourth-order valence-corrected chi connectivity index (χ4v) is 2.67. The lowest BCUT2D eigenvalue weighted by Crippen LogP contribution is -2.28. The number of rotatable bonds is 6. The molecule has 0 spiro atoms. The molecule has 0 atom stereocenters. The van der Waals surface area contributed by atoms with Crippen LogP contribution in [0.3, 0.4) is 0 Å². The molecule has 0 aliphatic rings. The minimum atomic E-state index is -4.49. The van der Waals surface area contributed by atoms with Crippen molar-refractivity contribution in [2.45, 2.75) is 12.7 Å². The van der Waals surface area contributed by atoms with E-state index in [1.807, 2.05) is 0 Å². The maximum atomic E-state index is 12.8. The molecule has 3 amide bonds. The lowest BCUT2D eigenvalue weighted by atomic mass is 10.2. The van der Waals surface area contributed by atoms with Crippen LogP contribution >= 0.6 is 0 Å². The van der Waals surface area contributed by atoms with Crippen LogP contribution in [0.25, 0.3) is 0 Å². The maximum absolute atomic E-state index is 12.8. The van der Waals surface area contributed by atoms with Gasteiger partial charge in [0.1, 0.15) is 17.2 Å². The van der Waals surface area contributed by atoms with E-state index in [2.05, 4.69) is 20.9 Å². The predicted octanol–water partition coefficient (Wildman–Crippen LogP) is 4.57. The van der Waals surface area contributed by atoms with Gasteiger partial charge in [0, 0.05) is 31.5 Å². The Labute approximate surface area is 181 Å². The molecule has 0 fully saturated rings. The van der Waals surface area contributed by atoms with E-state index in [0.717, 1.165) is 17.7 Å². The Kier molecular flexibility index (Phi) is 6.93. The van der Waals surface area contributed by atoms with E-state index in [-0.39, 0.29) is 23.8 Å². The van der Waals surface area contributed by atoms with Crippen molar-refractivity contribution in [2.24, 2.45) is 0 Å². The highest BCUT2D eigenvalue weighted by atomic mass is 19.4. The van der Waals surface area contributed by atoms with Gasteiger partial charge in [-0.25, -0.2) is 4.79 Å². The van der Waals surface area contributed by atoms with Gasteiger partial charge in [-0.05, 0) is 42.0 Å². The molecular formula is C22H19F3N4O3. The van der Waals surface area contributed by atoms with Gasteiger partial charge in [0.05, 0.1) is 5.56 Å². The summed E-state index contributed by atoms with van der Waals surface area (Å²) in [6.07, 6.45) is -3.03. The molecule has 0 aliphatic carbocycles. The van der Waals surface area contributed by atoms with Crippen molar-refractivity contribution in [3.05, 3.63) is 83.7 Å². The van der Waals surface area contributed by atoms with Gasteiger partial charge in [-0.1, -0.05) is 18.2 Å². The number of benzene rings is 2. The first-order valence-electron chi connectivity index (χ1n) is 9.41. The summed E-state index contributed by atoms with van der Waals surface area (Å²) >= 11 is 0. The van der Waals surface area contributed by atoms with Crippen LogP contribution in [0, 0.1) is 0 Å². The molecule has 1 heterocycles. The van der Waals surface area contributed by atoms with Crippen LogP contribution in [-0.2, 0) is 12.7 Å². The number of anilines is 1. The van der Waals surface area contributed by atoms with Crippen molar-refractivity contribution in [3.63, 3.8) is 0 Å². The smallest absolute Gasteiger partial charge is 0.416 e. The second-order valence-electron chi connectivity index (χ2n) is 6.59. The zero-order valence-electron chi connectivity index (χ0n) is 16.9. The first-order chi connectivity index (χ1) is 15.2. The minimum Gasteiger partial charge on any atom is -0.457 e. The SMILES string of the molecule is CNC(=O)c1cc(Oc2ccc(CNC(=O)Nc3cccc(C(F)(F)F)c3)cc2)ccn1.